The molecule has 0 heterocycles. The van der Waals surface area contributed by atoms with Gasteiger partial charge in [0, 0.05) is 12.1 Å². The third-order valence-electron chi connectivity index (χ3n) is 4.40. The Kier molecular flexibility index (Phi) is 6.85. The van der Waals surface area contributed by atoms with Crippen LogP contribution in [-0.2, 0) is 26.8 Å². The van der Waals surface area contributed by atoms with E-state index >= 15 is 0 Å². The quantitative estimate of drug-likeness (QED) is 0.743. The molecule has 0 aliphatic carbocycles. The minimum atomic E-state index is -3.80. The van der Waals surface area contributed by atoms with Crippen LogP contribution in [0.3, 0.4) is 0 Å². The third-order valence-corrected chi connectivity index (χ3v) is 5.96. The smallest absolute Gasteiger partial charge is 0.241 e. The van der Waals surface area contributed by atoms with E-state index in [1.54, 1.807) is 37.4 Å². The Bertz CT molecular complexity index is 916. The van der Waals surface area contributed by atoms with E-state index in [1.807, 2.05) is 18.2 Å². The highest BCUT2D eigenvalue weighted by Gasteiger charge is 2.23. The van der Waals surface area contributed by atoms with Crippen molar-refractivity contribution in [2.45, 2.75) is 50.6 Å². The summed E-state index contributed by atoms with van der Waals surface area (Å²) in [7, 11) is -2.24. The number of carbonyl (C=O) groups is 1. The standard InChI is InChI=1S/C21H28N2O4S/c1-15(20(24)22-14-16-8-6-7-9-19(16)27-5)23-28(25,26)18-12-10-17(11-13-18)21(2,3)4/h6-13,15,23H,14H2,1-5H3,(H,22,24)/t15-/m0/s1. The van der Waals surface area contributed by atoms with Crippen molar-refractivity contribution in [1.29, 1.82) is 0 Å². The molecule has 0 aliphatic heterocycles. The van der Waals surface area contributed by atoms with Gasteiger partial charge in [0.25, 0.3) is 0 Å². The van der Waals surface area contributed by atoms with E-state index in [1.165, 1.54) is 6.92 Å². The van der Waals surface area contributed by atoms with Crippen LogP contribution in [0.4, 0.5) is 0 Å². The molecular weight excluding hydrogens is 376 g/mol. The second-order valence-electron chi connectivity index (χ2n) is 7.65. The molecule has 1 atom stereocenters. The normalized spacial score (nSPS) is 13.0. The second-order valence-corrected chi connectivity index (χ2v) is 9.36. The number of benzene rings is 2. The molecule has 0 unspecified atom stereocenters. The van der Waals surface area contributed by atoms with Crippen LogP contribution in [0.5, 0.6) is 5.75 Å². The predicted octanol–water partition coefficient (Wildman–Crippen LogP) is 2.98. The van der Waals surface area contributed by atoms with Gasteiger partial charge in [-0.3, -0.25) is 4.79 Å². The van der Waals surface area contributed by atoms with Crippen LogP contribution in [0.2, 0.25) is 0 Å². The number of hydrogen-bond acceptors (Lipinski definition) is 4. The zero-order valence-corrected chi connectivity index (χ0v) is 17.8. The molecule has 2 N–H and O–H groups in total. The van der Waals surface area contributed by atoms with Gasteiger partial charge in [0.15, 0.2) is 0 Å². The number of methoxy groups -OCH3 is 1. The van der Waals surface area contributed by atoms with Crippen molar-refractivity contribution in [2.75, 3.05) is 7.11 Å². The molecule has 0 saturated heterocycles. The lowest BCUT2D eigenvalue weighted by Crippen LogP contribution is -2.44. The van der Waals surface area contributed by atoms with Crippen molar-refractivity contribution in [3.05, 3.63) is 59.7 Å². The van der Waals surface area contributed by atoms with Crippen LogP contribution in [-0.4, -0.2) is 27.5 Å². The topological polar surface area (TPSA) is 84.5 Å². The van der Waals surface area contributed by atoms with E-state index in [9.17, 15) is 13.2 Å². The summed E-state index contributed by atoms with van der Waals surface area (Å²) < 4.78 is 32.8. The number of hydrogen-bond donors (Lipinski definition) is 2. The van der Waals surface area contributed by atoms with Gasteiger partial charge in [-0.2, -0.15) is 4.72 Å². The molecule has 2 rings (SSSR count). The minimum Gasteiger partial charge on any atom is -0.496 e. The summed E-state index contributed by atoms with van der Waals surface area (Å²) in [6.07, 6.45) is 0. The van der Waals surface area contributed by atoms with Crippen LogP contribution in [0.15, 0.2) is 53.4 Å². The van der Waals surface area contributed by atoms with Crippen LogP contribution in [0.25, 0.3) is 0 Å². The van der Waals surface area contributed by atoms with Gasteiger partial charge in [0.2, 0.25) is 15.9 Å². The molecule has 28 heavy (non-hydrogen) atoms. The molecule has 0 spiro atoms. The van der Waals surface area contributed by atoms with Crippen molar-refractivity contribution < 1.29 is 17.9 Å². The molecule has 152 valence electrons. The van der Waals surface area contributed by atoms with Gasteiger partial charge >= 0.3 is 0 Å². The maximum Gasteiger partial charge on any atom is 0.241 e. The molecule has 0 aliphatic rings. The largest absolute Gasteiger partial charge is 0.496 e. The van der Waals surface area contributed by atoms with Gasteiger partial charge in [-0.1, -0.05) is 51.1 Å². The van der Waals surface area contributed by atoms with Gasteiger partial charge in [-0.15, -0.1) is 0 Å². The number of nitrogens with one attached hydrogen (secondary N) is 2. The van der Waals surface area contributed by atoms with Gasteiger partial charge < -0.3 is 10.1 Å². The molecule has 2 aromatic rings. The molecule has 7 heteroatoms. The second kappa shape index (κ2) is 8.75. The molecule has 0 fully saturated rings. The number of carbonyl (C=O) groups excluding carboxylic acids is 1. The summed E-state index contributed by atoms with van der Waals surface area (Å²) in [6, 6.07) is 13.1. The van der Waals surface area contributed by atoms with Crippen molar-refractivity contribution in [3.63, 3.8) is 0 Å². The van der Waals surface area contributed by atoms with Crippen LogP contribution in [0.1, 0.15) is 38.8 Å². The van der Waals surface area contributed by atoms with Crippen molar-refractivity contribution in [3.8, 4) is 5.75 Å². The van der Waals surface area contributed by atoms with E-state index in [4.69, 9.17) is 4.74 Å². The van der Waals surface area contributed by atoms with Crippen LogP contribution in [0, 0.1) is 0 Å². The Balaban J connectivity index is 2.02. The number of ether oxygens (including phenoxy) is 1. The van der Waals surface area contributed by atoms with E-state index in [2.05, 4.69) is 30.8 Å². The summed E-state index contributed by atoms with van der Waals surface area (Å²) in [4.78, 5) is 12.5. The number of para-hydroxylation sites is 1. The maximum absolute atomic E-state index is 12.6. The lowest BCUT2D eigenvalue weighted by atomic mass is 9.87. The first-order valence-electron chi connectivity index (χ1n) is 9.07. The van der Waals surface area contributed by atoms with E-state index in [0.717, 1.165) is 11.1 Å². The zero-order valence-electron chi connectivity index (χ0n) is 16.9. The first kappa shape index (κ1) is 21.9. The molecule has 6 nitrogen and oxygen atoms in total. The Labute approximate surface area is 167 Å². The fourth-order valence-corrected chi connectivity index (χ4v) is 3.88. The fraction of sp³-hybridized carbons (Fsp3) is 0.381. The summed E-state index contributed by atoms with van der Waals surface area (Å²) in [5.74, 6) is 0.246. The predicted molar refractivity (Wildman–Crippen MR) is 110 cm³/mol. The van der Waals surface area contributed by atoms with E-state index < -0.39 is 22.0 Å². The van der Waals surface area contributed by atoms with Crippen molar-refractivity contribution in [2.24, 2.45) is 0 Å². The third kappa shape index (κ3) is 5.56. The monoisotopic (exact) mass is 404 g/mol. The molecule has 1 amide bonds. The SMILES string of the molecule is COc1ccccc1CNC(=O)[C@H](C)NS(=O)(=O)c1ccc(C(C)(C)C)cc1. The Hall–Kier alpha value is -2.38. The Morgan fingerprint density at radius 2 is 1.68 bits per heavy atom. The summed E-state index contributed by atoms with van der Waals surface area (Å²) in [5.41, 5.74) is 1.78. The van der Waals surface area contributed by atoms with E-state index in [0.29, 0.717) is 5.75 Å². The highest BCUT2D eigenvalue weighted by atomic mass is 32.2. The van der Waals surface area contributed by atoms with Gasteiger partial charge in [0.1, 0.15) is 5.75 Å². The molecule has 2 aromatic carbocycles. The lowest BCUT2D eigenvalue weighted by molar-refractivity contribution is -0.122. The first-order valence-corrected chi connectivity index (χ1v) is 10.6. The number of amides is 1. The highest BCUT2D eigenvalue weighted by Crippen LogP contribution is 2.23. The lowest BCUT2D eigenvalue weighted by Gasteiger charge is -2.19. The number of sulfonamides is 1. The molecule has 0 bridgehead atoms. The maximum atomic E-state index is 12.6. The average Bonchev–Trinajstić information content (AvgIpc) is 2.65. The fourth-order valence-electron chi connectivity index (χ4n) is 2.67. The van der Waals surface area contributed by atoms with Gasteiger partial charge in [-0.25, -0.2) is 8.42 Å². The van der Waals surface area contributed by atoms with Crippen molar-refractivity contribution in [1.82, 2.24) is 10.0 Å². The summed E-state index contributed by atoms with van der Waals surface area (Å²) in [5, 5.41) is 2.73. The summed E-state index contributed by atoms with van der Waals surface area (Å²) >= 11 is 0. The minimum absolute atomic E-state index is 0.0681. The molecule has 0 radical (unpaired) electrons. The molecular formula is C21H28N2O4S. The average molecular weight is 405 g/mol. The Morgan fingerprint density at radius 1 is 1.07 bits per heavy atom. The van der Waals surface area contributed by atoms with Crippen molar-refractivity contribution >= 4 is 15.9 Å². The zero-order chi connectivity index (χ0) is 20.9. The highest BCUT2D eigenvalue weighted by molar-refractivity contribution is 7.89. The van der Waals surface area contributed by atoms with Crippen LogP contribution < -0.4 is 14.8 Å². The number of rotatable bonds is 7. The Morgan fingerprint density at radius 3 is 2.25 bits per heavy atom. The molecule has 0 aromatic heterocycles. The molecule has 0 saturated carbocycles. The van der Waals surface area contributed by atoms with E-state index in [-0.39, 0.29) is 16.9 Å². The van der Waals surface area contributed by atoms with Gasteiger partial charge in [-0.05, 0) is 36.1 Å². The van der Waals surface area contributed by atoms with Crippen LogP contribution >= 0.6 is 0 Å². The summed E-state index contributed by atoms with van der Waals surface area (Å²) in [6.45, 7) is 7.93. The van der Waals surface area contributed by atoms with Gasteiger partial charge in [0.05, 0.1) is 18.0 Å². The first-order chi connectivity index (χ1) is 13.0.